The van der Waals surface area contributed by atoms with E-state index in [4.69, 9.17) is 5.73 Å². The van der Waals surface area contributed by atoms with Crippen molar-refractivity contribution in [3.63, 3.8) is 0 Å². The lowest BCUT2D eigenvalue weighted by molar-refractivity contribution is -0.870. The van der Waals surface area contributed by atoms with Crippen molar-refractivity contribution in [1.82, 2.24) is 0 Å². The molecule has 0 unspecified atom stereocenters. The van der Waals surface area contributed by atoms with Crippen LogP contribution in [0.5, 0.6) is 0 Å². The summed E-state index contributed by atoms with van der Waals surface area (Å²) in [6, 6.07) is 0. The Labute approximate surface area is 76.2 Å². The van der Waals surface area contributed by atoms with E-state index in [2.05, 4.69) is 21.1 Å². The van der Waals surface area contributed by atoms with E-state index >= 15 is 0 Å². The quantitative estimate of drug-likeness (QED) is 0.487. The standard InChI is InChI=1S/C6H17N2.2ClH/c1-8(2,3)6-4-5-7;;/h4-7H2,1-3H3;2*1H/q+1;;/p-1. The molecule has 0 atom stereocenters. The van der Waals surface area contributed by atoms with Gasteiger partial charge in [0.25, 0.3) is 0 Å². The minimum atomic E-state index is 0. The molecule has 0 aliphatic rings. The fraction of sp³-hybridized carbons (Fsp3) is 1.00. The van der Waals surface area contributed by atoms with Crippen molar-refractivity contribution in [2.45, 2.75) is 6.42 Å². The molecule has 10 heavy (non-hydrogen) atoms. The van der Waals surface area contributed by atoms with E-state index in [0.29, 0.717) is 0 Å². The third-order valence-corrected chi connectivity index (χ3v) is 1.03. The Morgan fingerprint density at radius 2 is 1.60 bits per heavy atom. The van der Waals surface area contributed by atoms with Gasteiger partial charge in [0.1, 0.15) is 0 Å². The number of rotatable bonds is 3. The number of nitrogens with zero attached hydrogens (tertiary/aromatic N) is 1. The van der Waals surface area contributed by atoms with Gasteiger partial charge in [0.15, 0.2) is 0 Å². The summed E-state index contributed by atoms with van der Waals surface area (Å²) in [5, 5.41) is 0. The summed E-state index contributed by atoms with van der Waals surface area (Å²) in [5.41, 5.74) is 5.33. The molecule has 0 rings (SSSR count). The van der Waals surface area contributed by atoms with E-state index in [9.17, 15) is 0 Å². The van der Waals surface area contributed by atoms with Gasteiger partial charge in [0.05, 0.1) is 27.7 Å². The molecule has 0 aromatic heterocycles. The van der Waals surface area contributed by atoms with Crippen LogP contribution in [0.25, 0.3) is 0 Å². The first kappa shape index (κ1) is 16.8. The third-order valence-electron chi connectivity index (χ3n) is 1.03. The van der Waals surface area contributed by atoms with Crippen LogP contribution < -0.4 is 18.1 Å². The second kappa shape index (κ2) is 7.61. The van der Waals surface area contributed by atoms with Crippen LogP contribution >= 0.6 is 12.4 Å². The molecule has 0 spiro atoms. The molecule has 2 nitrogen and oxygen atoms in total. The molecular formula is C6H18Cl2N2. The lowest BCUT2D eigenvalue weighted by Gasteiger charge is -2.23. The predicted molar refractivity (Wildman–Crippen MR) is 43.8 cm³/mol. The predicted octanol–water partition coefficient (Wildman–Crippen LogP) is -2.53. The van der Waals surface area contributed by atoms with Gasteiger partial charge in [0, 0.05) is 6.42 Å². The van der Waals surface area contributed by atoms with Gasteiger partial charge in [-0.2, -0.15) is 0 Å². The highest BCUT2D eigenvalue weighted by Gasteiger charge is 2.03. The number of halogens is 2. The molecule has 0 saturated heterocycles. The van der Waals surface area contributed by atoms with Crippen molar-refractivity contribution < 1.29 is 16.9 Å². The van der Waals surface area contributed by atoms with Crippen LogP contribution in [0.15, 0.2) is 0 Å². The lowest BCUT2D eigenvalue weighted by atomic mass is 10.4. The SMILES string of the molecule is C[N+](C)(C)CCCN.Cl.[Cl-]. The molecule has 0 fully saturated rings. The monoisotopic (exact) mass is 188 g/mol. The summed E-state index contributed by atoms with van der Waals surface area (Å²) in [7, 11) is 6.53. The van der Waals surface area contributed by atoms with Gasteiger partial charge >= 0.3 is 0 Å². The maximum Gasteiger partial charge on any atom is 0.0792 e. The molecule has 0 heterocycles. The van der Waals surface area contributed by atoms with Crippen LogP contribution in [-0.2, 0) is 0 Å². The topological polar surface area (TPSA) is 26.0 Å². The minimum Gasteiger partial charge on any atom is -1.00 e. The molecule has 0 aromatic rings. The Morgan fingerprint density at radius 3 is 1.70 bits per heavy atom. The molecule has 0 aliphatic heterocycles. The van der Waals surface area contributed by atoms with Gasteiger partial charge in [-0.1, -0.05) is 0 Å². The second-order valence-corrected chi connectivity index (χ2v) is 3.16. The van der Waals surface area contributed by atoms with Gasteiger partial charge in [-0.05, 0) is 6.54 Å². The van der Waals surface area contributed by atoms with Crippen molar-refractivity contribution in [3.8, 4) is 0 Å². The molecule has 0 bridgehead atoms. The molecule has 0 aliphatic carbocycles. The van der Waals surface area contributed by atoms with Crippen LogP contribution in [0.4, 0.5) is 0 Å². The largest absolute Gasteiger partial charge is 1.00 e. The van der Waals surface area contributed by atoms with Crippen molar-refractivity contribution in [2.75, 3.05) is 34.2 Å². The molecular weight excluding hydrogens is 171 g/mol. The summed E-state index contributed by atoms with van der Waals surface area (Å²) in [6.45, 7) is 1.99. The minimum absolute atomic E-state index is 0. The zero-order valence-corrected chi connectivity index (χ0v) is 8.50. The van der Waals surface area contributed by atoms with Gasteiger partial charge < -0.3 is 22.6 Å². The van der Waals surface area contributed by atoms with E-state index in [-0.39, 0.29) is 24.8 Å². The molecule has 0 amide bonds. The van der Waals surface area contributed by atoms with Crippen LogP contribution in [-0.4, -0.2) is 38.7 Å². The number of hydrogen-bond acceptors (Lipinski definition) is 1. The summed E-state index contributed by atoms with van der Waals surface area (Å²) < 4.78 is 1.02. The summed E-state index contributed by atoms with van der Waals surface area (Å²) >= 11 is 0. The number of nitrogens with two attached hydrogens (primary N) is 1. The molecule has 4 heteroatoms. The van der Waals surface area contributed by atoms with Crippen molar-refractivity contribution in [2.24, 2.45) is 5.73 Å². The summed E-state index contributed by atoms with van der Waals surface area (Å²) in [5.74, 6) is 0. The number of hydrogen-bond donors (Lipinski definition) is 1. The highest BCUT2D eigenvalue weighted by atomic mass is 35.5. The van der Waals surface area contributed by atoms with Crippen LogP contribution in [0, 0.1) is 0 Å². The van der Waals surface area contributed by atoms with Crippen LogP contribution in [0.1, 0.15) is 6.42 Å². The Morgan fingerprint density at radius 1 is 1.20 bits per heavy atom. The average molecular weight is 189 g/mol. The normalized spacial score (nSPS) is 9.60. The van der Waals surface area contributed by atoms with E-state index in [1.807, 2.05) is 0 Å². The second-order valence-electron chi connectivity index (χ2n) is 3.16. The Hall–Kier alpha value is 0.500. The maximum atomic E-state index is 5.33. The van der Waals surface area contributed by atoms with E-state index in [1.54, 1.807) is 0 Å². The molecule has 66 valence electrons. The van der Waals surface area contributed by atoms with Gasteiger partial charge in [0.2, 0.25) is 0 Å². The smallest absolute Gasteiger partial charge is 0.0792 e. The van der Waals surface area contributed by atoms with Crippen molar-refractivity contribution >= 4 is 12.4 Å². The Balaban J connectivity index is -0.000000245. The fourth-order valence-electron chi connectivity index (χ4n) is 0.566. The average Bonchev–Trinajstić information content (AvgIpc) is 1.59. The van der Waals surface area contributed by atoms with Crippen LogP contribution in [0.2, 0.25) is 0 Å². The Kier molecular flexibility index (Phi) is 12.8. The van der Waals surface area contributed by atoms with Gasteiger partial charge in [-0.15, -0.1) is 12.4 Å². The highest BCUT2D eigenvalue weighted by Crippen LogP contribution is 1.90. The molecule has 2 N–H and O–H groups in total. The third kappa shape index (κ3) is 15.8. The first-order valence-electron chi connectivity index (χ1n) is 3.07. The molecule has 0 aromatic carbocycles. The van der Waals surface area contributed by atoms with Crippen LogP contribution in [0.3, 0.4) is 0 Å². The van der Waals surface area contributed by atoms with Crippen molar-refractivity contribution in [3.05, 3.63) is 0 Å². The fourth-order valence-corrected chi connectivity index (χ4v) is 0.566. The lowest BCUT2D eigenvalue weighted by Crippen LogP contribution is -3.00. The molecule has 0 radical (unpaired) electrons. The highest BCUT2D eigenvalue weighted by molar-refractivity contribution is 5.85. The summed E-state index contributed by atoms with van der Waals surface area (Å²) in [6.07, 6.45) is 1.13. The first-order chi connectivity index (χ1) is 3.56. The zero-order chi connectivity index (χ0) is 6.62. The Bertz CT molecular complexity index is 61.3. The summed E-state index contributed by atoms with van der Waals surface area (Å²) in [4.78, 5) is 0. The first-order valence-corrected chi connectivity index (χ1v) is 3.07. The van der Waals surface area contributed by atoms with Crippen molar-refractivity contribution in [1.29, 1.82) is 0 Å². The van der Waals surface area contributed by atoms with Gasteiger partial charge in [-0.25, -0.2) is 0 Å². The molecule has 0 saturated carbocycles. The maximum absolute atomic E-state index is 5.33. The zero-order valence-electron chi connectivity index (χ0n) is 6.93. The van der Waals surface area contributed by atoms with E-state index in [0.717, 1.165) is 17.4 Å². The van der Waals surface area contributed by atoms with Gasteiger partial charge in [-0.3, -0.25) is 0 Å². The number of quaternary nitrogens is 1. The van der Waals surface area contributed by atoms with E-state index in [1.165, 1.54) is 6.54 Å². The van der Waals surface area contributed by atoms with E-state index < -0.39 is 0 Å².